The SMILES string of the molecule is CCC[SiH3].OCC(O)CO. The molecule has 0 aromatic heterocycles. The molecule has 0 aliphatic rings. The average Bonchev–Trinajstić information content (AvgIpc) is 2.03. The maximum Gasteiger partial charge on any atom is 0.100 e. The molecule has 0 spiro atoms. The van der Waals surface area contributed by atoms with Crippen LogP contribution in [0.25, 0.3) is 0 Å². The zero-order chi connectivity index (χ0) is 8.41. The quantitative estimate of drug-likeness (QED) is 0.448. The van der Waals surface area contributed by atoms with Gasteiger partial charge >= 0.3 is 0 Å². The van der Waals surface area contributed by atoms with E-state index in [4.69, 9.17) is 15.3 Å². The second-order valence-corrected chi connectivity index (χ2v) is 3.02. The van der Waals surface area contributed by atoms with E-state index in [1.807, 2.05) is 0 Å². The van der Waals surface area contributed by atoms with Crippen LogP contribution >= 0.6 is 0 Å². The molecule has 0 aromatic carbocycles. The van der Waals surface area contributed by atoms with Crippen molar-refractivity contribution in [3.63, 3.8) is 0 Å². The minimum Gasteiger partial charge on any atom is -0.394 e. The summed E-state index contributed by atoms with van der Waals surface area (Å²) in [6.07, 6.45) is 0.427. The van der Waals surface area contributed by atoms with Gasteiger partial charge in [-0.1, -0.05) is 19.4 Å². The van der Waals surface area contributed by atoms with E-state index >= 15 is 0 Å². The van der Waals surface area contributed by atoms with Crippen molar-refractivity contribution in [2.45, 2.75) is 25.5 Å². The van der Waals surface area contributed by atoms with Gasteiger partial charge in [0.25, 0.3) is 0 Å². The minimum absolute atomic E-state index is 0.365. The van der Waals surface area contributed by atoms with E-state index in [-0.39, 0.29) is 13.2 Å². The first kappa shape index (κ1) is 12.7. The van der Waals surface area contributed by atoms with E-state index in [0.717, 1.165) is 0 Å². The van der Waals surface area contributed by atoms with Crippen LogP contribution in [0.2, 0.25) is 6.04 Å². The molecule has 0 aliphatic heterocycles. The molecule has 0 saturated heterocycles. The molecule has 0 radical (unpaired) electrons. The van der Waals surface area contributed by atoms with Crippen molar-refractivity contribution in [2.75, 3.05) is 13.2 Å². The Bertz CT molecular complexity index is 46.3. The maximum absolute atomic E-state index is 8.17. The molecule has 0 heterocycles. The van der Waals surface area contributed by atoms with Gasteiger partial charge in [-0.25, -0.2) is 0 Å². The summed E-state index contributed by atoms with van der Waals surface area (Å²) in [5, 5.41) is 24.0. The summed E-state index contributed by atoms with van der Waals surface area (Å²) in [5.74, 6) is 0. The summed E-state index contributed by atoms with van der Waals surface area (Å²) < 4.78 is 0. The molecule has 10 heavy (non-hydrogen) atoms. The highest BCUT2D eigenvalue weighted by Gasteiger charge is 1.93. The molecule has 3 nitrogen and oxygen atoms in total. The molecule has 0 amide bonds. The Morgan fingerprint density at radius 2 is 1.60 bits per heavy atom. The van der Waals surface area contributed by atoms with E-state index < -0.39 is 6.10 Å². The Hall–Kier alpha value is 0.0969. The topological polar surface area (TPSA) is 60.7 Å². The van der Waals surface area contributed by atoms with Crippen LogP contribution in [0.15, 0.2) is 0 Å². The lowest BCUT2D eigenvalue weighted by Gasteiger charge is -1.96. The Morgan fingerprint density at radius 3 is 1.60 bits per heavy atom. The monoisotopic (exact) mass is 166 g/mol. The van der Waals surface area contributed by atoms with Crippen LogP contribution in [0.1, 0.15) is 13.3 Å². The van der Waals surface area contributed by atoms with Gasteiger partial charge in [0.05, 0.1) is 13.2 Å². The van der Waals surface area contributed by atoms with Crippen molar-refractivity contribution in [3.8, 4) is 0 Å². The number of aliphatic hydroxyl groups excluding tert-OH is 3. The van der Waals surface area contributed by atoms with Gasteiger partial charge in [-0.3, -0.25) is 0 Å². The summed E-state index contributed by atoms with van der Waals surface area (Å²) in [5.41, 5.74) is 0. The highest BCUT2D eigenvalue weighted by Crippen LogP contribution is 1.73. The van der Waals surface area contributed by atoms with Crippen LogP contribution in [0.4, 0.5) is 0 Å². The van der Waals surface area contributed by atoms with E-state index in [1.165, 1.54) is 22.7 Å². The zero-order valence-electron chi connectivity index (χ0n) is 6.75. The normalized spacial score (nSPS) is 9.30. The Morgan fingerprint density at radius 1 is 1.30 bits per heavy atom. The number of hydrogen-bond acceptors (Lipinski definition) is 3. The summed E-state index contributed by atoms with van der Waals surface area (Å²) in [6, 6.07) is 1.46. The Balaban J connectivity index is 0. The van der Waals surface area contributed by atoms with Crippen LogP contribution < -0.4 is 0 Å². The lowest BCUT2D eigenvalue weighted by molar-refractivity contribution is 0.0450. The average molecular weight is 166 g/mol. The largest absolute Gasteiger partial charge is 0.394 e. The second-order valence-electron chi connectivity index (χ2n) is 2.02. The maximum atomic E-state index is 8.17. The van der Waals surface area contributed by atoms with Gasteiger partial charge in [0, 0.05) is 10.2 Å². The van der Waals surface area contributed by atoms with Crippen molar-refractivity contribution in [1.29, 1.82) is 0 Å². The summed E-state index contributed by atoms with van der Waals surface area (Å²) in [6.45, 7) is 1.49. The van der Waals surface area contributed by atoms with Crippen LogP contribution in [0.5, 0.6) is 0 Å². The van der Waals surface area contributed by atoms with Crippen molar-refractivity contribution in [2.24, 2.45) is 0 Å². The molecule has 0 rings (SSSR count). The Kier molecular flexibility index (Phi) is 15.1. The summed E-state index contributed by atoms with van der Waals surface area (Å²) >= 11 is 0. The highest BCUT2D eigenvalue weighted by molar-refractivity contribution is 6.08. The van der Waals surface area contributed by atoms with Crippen molar-refractivity contribution >= 4 is 10.2 Å². The van der Waals surface area contributed by atoms with E-state index in [9.17, 15) is 0 Å². The third kappa shape index (κ3) is 15.7. The number of hydrogen-bond donors (Lipinski definition) is 3. The van der Waals surface area contributed by atoms with E-state index in [1.54, 1.807) is 0 Å². The summed E-state index contributed by atoms with van der Waals surface area (Å²) in [7, 11) is 1.39. The van der Waals surface area contributed by atoms with Gasteiger partial charge in [0.2, 0.25) is 0 Å². The van der Waals surface area contributed by atoms with Gasteiger partial charge < -0.3 is 15.3 Å². The third-order valence-electron chi connectivity index (χ3n) is 0.921. The molecule has 0 aromatic rings. The highest BCUT2D eigenvalue weighted by atomic mass is 28.1. The van der Waals surface area contributed by atoms with E-state index in [2.05, 4.69) is 6.92 Å². The van der Waals surface area contributed by atoms with Crippen molar-refractivity contribution in [1.82, 2.24) is 0 Å². The van der Waals surface area contributed by atoms with E-state index in [0.29, 0.717) is 0 Å². The Labute approximate surface area is 65.1 Å². The molecule has 0 unspecified atom stereocenters. The standard InChI is InChI=1S/C3H8O3.C3H10Si/c4-1-3(6)2-5;1-2-3-4/h3-6H,1-2H2;2-3H2,1,4H3. The number of rotatable bonds is 3. The van der Waals surface area contributed by atoms with Gasteiger partial charge in [-0.15, -0.1) is 0 Å². The van der Waals surface area contributed by atoms with Crippen molar-refractivity contribution in [3.05, 3.63) is 0 Å². The van der Waals surface area contributed by atoms with Crippen LogP contribution in [-0.2, 0) is 0 Å². The molecule has 0 aliphatic carbocycles. The minimum atomic E-state index is -0.954. The molecule has 3 N–H and O–H groups in total. The fraction of sp³-hybridized carbons (Fsp3) is 1.00. The predicted molar refractivity (Wildman–Crippen MR) is 45.2 cm³/mol. The molecular formula is C6H18O3Si. The van der Waals surface area contributed by atoms with Crippen molar-refractivity contribution < 1.29 is 15.3 Å². The van der Waals surface area contributed by atoms with Gasteiger partial charge in [0.15, 0.2) is 0 Å². The van der Waals surface area contributed by atoms with Crippen LogP contribution in [-0.4, -0.2) is 44.9 Å². The van der Waals surface area contributed by atoms with Crippen LogP contribution in [0, 0.1) is 0 Å². The second kappa shape index (κ2) is 11.8. The number of aliphatic hydroxyl groups is 3. The van der Waals surface area contributed by atoms with Gasteiger partial charge in [-0.05, 0) is 0 Å². The molecule has 0 atom stereocenters. The van der Waals surface area contributed by atoms with Gasteiger partial charge in [-0.2, -0.15) is 0 Å². The fourth-order valence-corrected chi connectivity index (χ4v) is 0.0577. The fourth-order valence-electron chi connectivity index (χ4n) is 0.0577. The zero-order valence-corrected chi connectivity index (χ0v) is 8.75. The molecular weight excluding hydrogens is 148 g/mol. The lowest BCUT2D eigenvalue weighted by atomic mass is 10.4. The first-order valence-corrected chi connectivity index (χ1v) is 5.04. The molecule has 64 valence electrons. The molecule has 0 bridgehead atoms. The lowest BCUT2D eigenvalue weighted by Crippen LogP contribution is -2.15. The third-order valence-corrected chi connectivity index (χ3v) is 1.92. The predicted octanol–water partition coefficient (Wildman–Crippen LogP) is -1.49. The smallest absolute Gasteiger partial charge is 0.100 e. The summed E-state index contributed by atoms with van der Waals surface area (Å²) in [4.78, 5) is 0. The molecule has 0 saturated carbocycles. The molecule has 4 heteroatoms. The van der Waals surface area contributed by atoms with Gasteiger partial charge in [0.1, 0.15) is 6.10 Å². The first-order valence-electron chi connectivity index (χ1n) is 3.62. The molecule has 0 fully saturated rings. The first-order chi connectivity index (χ1) is 4.72. The van der Waals surface area contributed by atoms with Crippen LogP contribution in [0.3, 0.4) is 0 Å².